The highest BCUT2D eigenvalue weighted by atomic mass is 16.5. The predicted octanol–water partition coefficient (Wildman–Crippen LogP) is 4.59. The molecule has 164 valence electrons. The lowest BCUT2D eigenvalue weighted by Gasteiger charge is -2.51. The summed E-state index contributed by atoms with van der Waals surface area (Å²) in [6.07, 6.45) is 5.53. The molecule has 0 saturated carbocycles. The van der Waals surface area contributed by atoms with Gasteiger partial charge in [-0.3, -0.25) is 4.79 Å². The van der Waals surface area contributed by atoms with Crippen LogP contribution in [-0.2, 0) is 0 Å². The molecule has 3 heterocycles. The molecular weight excluding hydrogens is 400 g/mol. The number of carbonyl (C=O) groups is 1. The van der Waals surface area contributed by atoms with Gasteiger partial charge in [0.2, 0.25) is 0 Å². The Morgan fingerprint density at radius 1 is 0.969 bits per heavy atom. The van der Waals surface area contributed by atoms with Crippen molar-refractivity contribution in [3.8, 4) is 5.75 Å². The first kappa shape index (κ1) is 20.4. The van der Waals surface area contributed by atoms with Crippen molar-refractivity contribution in [1.82, 2.24) is 4.98 Å². The van der Waals surface area contributed by atoms with Gasteiger partial charge in [0, 0.05) is 48.3 Å². The zero-order chi connectivity index (χ0) is 21.9. The summed E-state index contributed by atoms with van der Waals surface area (Å²) in [6.45, 7) is 1.98. The van der Waals surface area contributed by atoms with Crippen molar-refractivity contribution >= 4 is 23.1 Å². The van der Waals surface area contributed by atoms with Gasteiger partial charge in [-0.2, -0.15) is 0 Å². The molecule has 2 aliphatic rings. The fourth-order valence-corrected chi connectivity index (χ4v) is 4.92. The average molecular weight is 429 g/mol. The molecule has 5 rings (SSSR count). The van der Waals surface area contributed by atoms with Gasteiger partial charge in [-0.1, -0.05) is 6.07 Å². The van der Waals surface area contributed by atoms with E-state index in [2.05, 4.69) is 44.4 Å². The number of hydrogen-bond donors (Lipinski definition) is 1. The van der Waals surface area contributed by atoms with Crippen molar-refractivity contribution in [2.24, 2.45) is 0 Å². The van der Waals surface area contributed by atoms with E-state index in [-0.39, 0.29) is 5.91 Å². The Kier molecular flexibility index (Phi) is 5.67. The summed E-state index contributed by atoms with van der Waals surface area (Å²) in [5, 5.41) is 2.99. The number of methoxy groups -OCH3 is 1. The normalized spacial score (nSPS) is 20.0. The minimum atomic E-state index is -0.124. The monoisotopic (exact) mass is 428 g/mol. The maximum Gasteiger partial charge on any atom is 0.255 e. The smallest absolute Gasteiger partial charge is 0.255 e. The number of aromatic nitrogens is 1. The third-order valence-corrected chi connectivity index (χ3v) is 6.47. The Labute approximate surface area is 188 Å². The number of rotatable bonds is 5. The molecule has 0 radical (unpaired) electrons. The number of benzene rings is 2. The first-order valence-electron chi connectivity index (χ1n) is 11.2. The number of nitrogens with one attached hydrogen (secondary N) is 1. The lowest BCUT2D eigenvalue weighted by Crippen LogP contribution is -2.61. The molecule has 2 aromatic carbocycles. The van der Waals surface area contributed by atoms with Crippen LogP contribution in [0.5, 0.6) is 5.75 Å². The van der Waals surface area contributed by atoms with Crippen LogP contribution in [0.15, 0.2) is 72.9 Å². The SMILES string of the molecule is COc1ccc(C(=O)Nc2ccc(N3C4CCCC3CN(c3ccccn3)C4)cc2)cc1. The molecular formula is C26H28N4O2. The zero-order valence-corrected chi connectivity index (χ0v) is 18.3. The van der Waals surface area contributed by atoms with Gasteiger partial charge < -0.3 is 19.9 Å². The third-order valence-electron chi connectivity index (χ3n) is 6.47. The second-order valence-electron chi connectivity index (χ2n) is 8.47. The van der Waals surface area contributed by atoms with Gasteiger partial charge in [0.15, 0.2) is 0 Å². The molecule has 1 amide bonds. The molecule has 3 aromatic rings. The van der Waals surface area contributed by atoms with Crippen LogP contribution in [0.25, 0.3) is 0 Å². The Bertz CT molecular complexity index is 1040. The van der Waals surface area contributed by atoms with Crippen LogP contribution in [0.1, 0.15) is 29.6 Å². The van der Waals surface area contributed by atoms with Crippen molar-refractivity contribution in [2.45, 2.75) is 31.3 Å². The number of amides is 1. The number of nitrogens with zero attached hydrogens (tertiary/aromatic N) is 3. The highest BCUT2D eigenvalue weighted by molar-refractivity contribution is 6.04. The van der Waals surface area contributed by atoms with Crippen molar-refractivity contribution in [2.75, 3.05) is 35.3 Å². The summed E-state index contributed by atoms with van der Waals surface area (Å²) >= 11 is 0. The standard InChI is InChI=1S/C26H28N4O2/c1-32-24-14-8-19(9-15-24)26(31)28-20-10-12-21(13-11-20)30-22-5-4-6-23(30)18-29(17-22)25-7-2-3-16-27-25/h2-3,7-16,22-23H,4-6,17-18H2,1H3,(H,28,31). The summed E-state index contributed by atoms with van der Waals surface area (Å²) in [7, 11) is 1.61. The second kappa shape index (κ2) is 8.91. The summed E-state index contributed by atoms with van der Waals surface area (Å²) in [5.41, 5.74) is 2.63. The van der Waals surface area contributed by atoms with Crippen LogP contribution in [0, 0.1) is 0 Å². The van der Waals surface area contributed by atoms with Crippen molar-refractivity contribution in [3.05, 3.63) is 78.5 Å². The van der Waals surface area contributed by atoms with E-state index in [0.717, 1.165) is 30.3 Å². The van der Waals surface area contributed by atoms with Gasteiger partial charge in [0.05, 0.1) is 7.11 Å². The first-order chi connectivity index (χ1) is 15.7. The number of pyridine rings is 1. The number of piperazine rings is 1. The largest absolute Gasteiger partial charge is 0.497 e. The number of fused-ring (bicyclic) bond motifs is 2. The van der Waals surface area contributed by atoms with E-state index < -0.39 is 0 Å². The third kappa shape index (κ3) is 4.13. The lowest BCUT2D eigenvalue weighted by molar-refractivity contribution is 0.102. The molecule has 6 nitrogen and oxygen atoms in total. The summed E-state index contributed by atoms with van der Waals surface area (Å²) in [5.74, 6) is 1.68. The van der Waals surface area contributed by atoms with Gasteiger partial charge in [0.25, 0.3) is 5.91 Å². The fourth-order valence-electron chi connectivity index (χ4n) is 4.92. The van der Waals surface area contributed by atoms with Crippen LogP contribution < -0.4 is 19.9 Å². The highest BCUT2D eigenvalue weighted by Gasteiger charge is 2.37. The molecule has 2 unspecified atom stereocenters. The van der Waals surface area contributed by atoms with E-state index in [1.807, 2.05) is 24.4 Å². The average Bonchev–Trinajstić information content (AvgIpc) is 2.84. The topological polar surface area (TPSA) is 57.7 Å². The molecule has 2 aliphatic heterocycles. The molecule has 2 saturated heterocycles. The summed E-state index contributed by atoms with van der Waals surface area (Å²) < 4.78 is 5.16. The molecule has 1 aromatic heterocycles. The van der Waals surface area contributed by atoms with Crippen LogP contribution >= 0.6 is 0 Å². The Morgan fingerprint density at radius 3 is 2.31 bits per heavy atom. The van der Waals surface area contributed by atoms with Crippen molar-refractivity contribution < 1.29 is 9.53 Å². The van der Waals surface area contributed by atoms with E-state index >= 15 is 0 Å². The van der Waals surface area contributed by atoms with E-state index in [1.54, 1.807) is 31.4 Å². The second-order valence-corrected chi connectivity index (χ2v) is 8.47. The van der Waals surface area contributed by atoms with Gasteiger partial charge in [-0.15, -0.1) is 0 Å². The molecule has 2 fully saturated rings. The van der Waals surface area contributed by atoms with Crippen molar-refractivity contribution in [1.29, 1.82) is 0 Å². The molecule has 0 aliphatic carbocycles. The van der Waals surface area contributed by atoms with E-state index in [4.69, 9.17) is 4.74 Å². The maximum absolute atomic E-state index is 12.6. The van der Waals surface area contributed by atoms with Crippen LogP contribution in [0.2, 0.25) is 0 Å². The molecule has 1 N–H and O–H groups in total. The quantitative estimate of drug-likeness (QED) is 0.644. The van der Waals surface area contributed by atoms with Crippen LogP contribution in [-0.4, -0.2) is 43.2 Å². The van der Waals surface area contributed by atoms with Gasteiger partial charge in [-0.05, 0) is 79.9 Å². The van der Waals surface area contributed by atoms with E-state index in [1.165, 1.54) is 24.9 Å². The Hall–Kier alpha value is -3.54. The van der Waals surface area contributed by atoms with E-state index in [9.17, 15) is 4.79 Å². The molecule has 0 spiro atoms. The van der Waals surface area contributed by atoms with Gasteiger partial charge >= 0.3 is 0 Å². The Morgan fingerprint density at radius 2 is 1.69 bits per heavy atom. The zero-order valence-electron chi connectivity index (χ0n) is 18.3. The summed E-state index contributed by atoms with van der Waals surface area (Å²) in [6, 6.07) is 22.5. The molecule has 6 heteroatoms. The number of carbonyl (C=O) groups excluding carboxylic acids is 1. The van der Waals surface area contributed by atoms with E-state index in [0.29, 0.717) is 17.6 Å². The number of piperidine rings is 1. The fraction of sp³-hybridized carbons (Fsp3) is 0.308. The number of anilines is 3. The first-order valence-corrected chi connectivity index (χ1v) is 11.2. The molecule has 2 bridgehead atoms. The molecule has 32 heavy (non-hydrogen) atoms. The lowest BCUT2D eigenvalue weighted by atomic mass is 9.90. The number of hydrogen-bond acceptors (Lipinski definition) is 5. The maximum atomic E-state index is 12.6. The minimum absolute atomic E-state index is 0.124. The van der Waals surface area contributed by atoms with Gasteiger partial charge in [0.1, 0.15) is 11.6 Å². The van der Waals surface area contributed by atoms with Gasteiger partial charge in [-0.25, -0.2) is 4.98 Å². The highest BCUT2D eigenvalue weighted by Crippen LogP contribution is 2.35. The molecule has 2 atom stereocenters. The Balaban J connectivity index is 1.28. The van der Waals surface area contributed by atoms with Crippen LogP contribution in [0.3, 0.4) is 0 Å². The van der Waals surface area contributed by atoms with Crippen LogP contribution in [0.4, 0.5) is 17.2 Å². The predicted molar refractivity (Wildman–Crippen MR) is 128 cm³/mol. The minimum Gasteiger partial charge on any atom is -0.497 e. The number of ether oxygens (including phenoxy) is 1. The van der Waals surface area contributed by atoms with Crippen molar-refractivity contribution in [3.63, 3.8) is 0 Å². The summed E-state index contributed by atoms with van der Waals surface area (Å²) in [4.78, 5) is 22.1.